The summed E-state index contributed by atoms with van der Waals surface area (Å²) in [4.78, 5) is 13.0. The number of benzene rings is 1. The molecule has 0 aromatic heterocycles. The van der Waals surface area contributed by atoms with Crippen molar-refractivity contribution in [2.45, 2.75) is 25.4 Å². The molecule has 1 aromatic rings. The number of likely N-dealkylation sites (tertiary alicyclic amines) is 1. The van der Waals surface area contributed by atoms with E-state index in [9.17, 15) is 23.1 Å². The standard InChI is InChI=1S/C13H14F3NO2/c1-2-3-13(19)6-17(7-13)12(18)11-9(15)4-8(14)5-10(11)16/h4-5,19H,2-3,6-7H2,1H3. The average molecular weight is 273 g/mol. The van der Waals surface area contributed by atoms with Gasteiger partial charge in [0.2, 0.25) is 0 Å². The van der Waals surface area contributed by atoms with Crippen LogP contribution in [0.25, 0.3) is 0 Å². The number of hydrogen-bond acceptors (Lipinski definition) is 2. The van der Waals surface area contributed by atoms with Crippen LogP contribution in [0.4, 0.5) is 13.2 Å². The predicted molar refractivity (Wildman–Crippen MR) is 62.1 cm³/mol. The zero-order valence-corrected chi connectivity index (χ0v) is 10.4. The van der Waals surface area contributed by atoms with E-state index in [1.54, 1.807) is 0 Å². The highest BCUT2D eigenvalue weighted by Gasteiger charge is 2.43. The molecule has 2 rings (SSSR count). The van der Waals surface area contributed by atoms with Crippen molar-refractivity contribution in [2.75, 3.05) is 13.1 Å². The molecule has 1 saturated heterocycles. The van der Waals surface area contributed by atoms with E-state index in [0.717, 1.165) is 11.3 Å². The molecule has 6 heteroatoms. The molecule has 1 aliphatic rings. The van der Waals surface area contributed by atoms with Gasteiger partial charge in [-0.1, -0.05) is 13.3 Å². The predicted octanol–water partition coefficient (Wildman–Crippen LogP) is 2.09. The van der Waals surface area contributed by atoms with Crippen LogP contribution in [-0.4, -0.2) is 34.6 Å². The van der Waals surface area contributed by atoms with Gasteiger partial charge in [0.1, 0.15) is 23.0 Å². The van der Waals surface area contributed by atoms with E-state index in [4.69, 9.17) is 0 Å². The Morgan fingerprint density at radius 3 is 2.32 bits per heavy atom. The van der Waals surface area contributed by atoms with Crippen LogP contribution in [0, 0.1) is 17.5 Å². The van der Waals surface area contributed by atoms with Gasteiger partial charge in [-0.2, -0.15) is 0 Å². The maximum absolute atomic E-state index is 13.4. The van der Waals surface area contributed by atoms with Crippen LogP contribution < -0.4 is 0 Å². The lowest BCUT2D eigenvalue weighted by molar-refractivity contribution is -0.0862. The molecule has 1 aromatic carbocycles. The van der Waals surface area contributed by atoms with Crippen LogP contribution >= 0.6 is 0 Å². The van der Waals surface area contributed by atoms with Crippen LogP contribution in [0.1, 0.15) is 30.1 Å². The van der Waals surface area contributed by atoms with Crippen LogP contribution in [-0.2, 0) is 0 Å². The molecule has 1 fully saturated rings. The van der Waals surface area contributed by atoms with Gasteiger partial charge in [0.15, 0.2) is 0 Å². The van der Waals surface area contributed by atoms with Crippen molar-refractivity contribution in [3.63, 3.8) is 0 Å². The van der Waals surface area contributed by atoms with Crippen molar-refractivity contribution >= 4 is 5.91 Å². The minimum absolute atomic E-state index is 0.0376. The first kappa shape index (κ1) is 13.9. The highest BCUT2D eigenvalue weighted by Crippen LogP contribution is 2.28. The second-order valence-electron chi connectivity index (χ2n) is 4.88. The van der Waals surface area contributed by atoms with Gasteiger partial charge >= 0.3 is 0 Å². The Balaban J connectivity index is 2.15. The lowest BCUT2D eigenvalue weighted by Crippen LogP contribution is -2.63. The Bertz CT molecular complexity index is 490. The summed E-state index contributed by atoms with van der Waals surface area (Å²) < 4.78 is 39.6. The number of aliphatic hydroxyl groups is 1. The molecule has 0 unspecified atom stereocenters. The summed E-state index contributed by atoms with van der Waals surface area (Å²) >= 11 is 0. The van der Waals surface area contributed by atoms with Crippen molar-refractivity contribution in [1.29, 1.82) is 0 Å². The molecule has 0 saturated carbocycles. The number of carbonyl (C=O) groups is 1. The van der Waals surface area contributed by atoms with Crippen molar-refractivity contribution in [3.8, 4) is 0 Å². The van der Waals surface area contributed by atoms with Gasteiger partial charge in [0.25, 0.3) is 5.91 Å². The molecule has 1 amide bonds. The molecule has 104 valence electrons. The Morgan fingerprint density at radius 1 is 1.32 bits per heavy atom. The molecule has 0 radical (unpaired) electrons. The van der Waals surface area contributed by atoms with Gasteiger partial charge in [0, 0.05) is 12.1 Å². The minimum Gasteiger partial charge on any atom is -0.386 e. The highest BCUT2D eigenvalue weighted by molar-refractivity contribution is 5.95. The van der Waals surface area contributed by atoms with E-state index >= 15 is 0 Å². The molecule has 0 bridgehead atoms. The van der Waals surface area contributed by atoms with Gasteiger partial charge in [-0.25, -0.2) is 13.2 Å². The maximum Gasteiger partial charge on any atom is 0.260 e. The van der Waals surface area contributed by atoms with Gasteiger partial charge in [-0.15, -0.1) is 0 Å². The maximum atomic E-state index is 13.4. The number of amides is 1. The van der Waals surface area contributed by atoms with Gasteiger partial charge in [0.05, 0.1) is 18.7 Å². The fourth-order valence-corrected chi connectivity index (χ4v) is 2.34. The Kier molecular flexibility index (Phi) is 3.54. The van der Waals surface area contributed by atoms with Crippen molar-refractivity contribution < 1.29 is 23.1 Å². The monoisotopic (exact) mass is 273 g/mol. The number of nitrogens with zero attached hydrogens (tertiary/aromatic N) is 1. The van der Waals surface area contributed by atoms with Gasteiger partial charge < -0.3 is 10.0 Å². The van der Waals surface area contributed by atoms with E-state index in [1.165, 1.54) is 0 Å². The van der Waals surface area contributed by atoms with Gasteiger partial charge in [-0.3, -0.25) is 4.79 Å². The van der Waals surface area contributed by atoms with Crippen LogP contribution in [0.2, 0.25) is 0 Å². The number of carbonyl (C=O) groups excluding carboxylic acids is 1. The summed E-state index contributed by atoms with van der Waals surface area (Å²) in [6.45, 7) is 1.97. The quantitative estimate of drug-likeness (QED) is 0.916. The number of rotatable bonds is 3. The summed E-state index contributed by atoms with van der Waals surface area (Å²) in [5, 5.41) is 9.92. The van der Waals surface area contributed by atoms with E-state index in [-0.39, 0.29) is 13.1 Å². The summed E-state index contributed by atoms with van der Waals surface area (Å²) in [5.41, 5.74) is -1.75. The number of hydrogen-bond donors (Lipinski definition) is 1. The fourth-order valence-electron chi connectivity index (χ4n) is 2.34. The Labute approximate surface area is 108 Å². The fraction of sp³-hybridized carbons (Fsp3) is 0.462. The van der Waals surface area contributed by atoms with E-state index in [0.29, 0.717) is 18.6 Å². The second kappa shape index (κ2) is 4.85. The van der Waals surface area contributed by atoms with Crippen molar-refractivity contribution in [2.24, 2.45) is 0 Å². The lowest BCUT2D eigenvalue weighted by Gasteiger charge is -2.46. The summed E-state index contributed by atoms with van der Waals surface area (Å²) in [6.07, 6.45) is 1.27. The van der Waals surface area contributed by atoms with E-state index < -0.39 is 34.5 Å². The molecule has 1 aliphatic heterocycles. The summed E-state index contributed by atoms with van der Waals surface area (Å²) in [5.74, 6) is -4.39. The highest BCUT2D eigenvalue weighted by atomic mass is 19.1. The minimum atomic E-state index is -1.23. The normalized spacial score (nSPS) is 17.2. The van der Waals surface area contributed by atoms with Crippen LogP contribution in [0.3, 0.4) is 0 Å². The zero-order valence-electron chi connectivity index (χ0n) is 10.4. The van der Waals surface area contributed by atoms with Crippen molar-refractivity contribution in [1.82, 2.24) is 4.90 Å². The van der Waals surface area contributed by atoms with Crippen LogP contribution in [0.15, 0.2) is 12.1 Å². The summed E-state index contributed by atoms with van der Waals surface area (Å²) in [7, 11) is 0. The SMILES string of the molecule is CCCC1(O)CN(C(=O)c2c(F)cc(F)cc2F)C1. The van der Waals surface area contributed by atoms with Gasteiger partial charge in [-0.05, 0) is 6.42 Å². The molecule has 0 atom stereocenters. The topological polar surface area (TPSA) is 40.5 Å². The van der Waals surface area contributed by atoms with Crippen molar-refractivity contribution in [3.05, 3.63) is 35.1 Å². The number of β-amino-alcohol motifs (C(OH)–C–C–N with tert-alkyl or cyclic N) is 1. The summed E-state index contributed by atoms with van der Waals surface area (Å²) in [6, 6.07) is 0.933. The molecule has 1 heterocycles. The van der Waals surface area contributed by atoms with Crippen LogP contribution in [0.5, 0.6) is 0 Å². The first-order chi connectivity index (χ1) is 8.86. The smallest absolute Gasteiger partial charge is 0.260 e. The largest absolute Gasteiger partial charge is 0.386 e. The van der Waals surface area contributed by atoms with E-state index in [2.05, 4.69) is 0 Å². The molecular weight excluding hydrogens is 259 g/mol. The number of halogens is 3. The Hall–Kier alpha value is -1.56. The molecule has 0 aliphatic carbocycles. The molecule has 19 heavy (non-hydrogen) atoms. The zero-order chi connectivity index (χ0) is 14.2. The van der Waals surface area contributed by atoms with E-state index in [1.807, 2.05) is 6.92 Å². The molecule has 3 nitrogen and oxygen atoms in total. The first-order valence-corrected chi connectivity index (χ1v) is 6.02. The molecule has 0 spiro atoms. The average Bonchev–Trinajstić information content (AvgIpc) is 2.24. The third-order valence-corrected chi connectivity index (χ3v) is 3.19. The second-order valence-corrected chi connectivity index (χ2v) is 4.88. The third kappa shape index (κ3) is 2.58. The third-order valence-electron chi connectivity index (χ3n) is 3.19. The Morgan fingerprint density at radius 2 is 1.84 bits per heavy atom. The lowest BCUT2D eigenvalue weighted by atomic mass is 9.88. The molecular formula is C13H14F3NO2. The molecule has 1 N–H and O–H groups in total. The first-order valence-electron chi connectivity index (χ1n) is 6.02.